The highest BCUT2D eigenvalue weighted by Gasteiger charge is 2.42. The van der Waals surface area contributed by atoms with Crippen LogP contribution in [0.2, 0.25) is 0 Å². The Morgan fingerprint density at radius 2 is 2.42 bits per heavy atom. The van der Waals surface area contributed by atoms with Crippen LogP contribution in [0.4, 0.5) is 0 Å². The monoisotopic (exact) mass is 174 g/mol. The third-order valence-corrected chi connectivity index (χ3v) is 2.56. The van der Waals surface area contributed by atoms with E-state index in [1.54, 1.807) is 7.05 Å². The van der Waals surface area contributed by atoms with E-state index < -0.39 is 6.23 Å². The zero-order chi connectivity index (χ0) is 9.19. The molecular formula is C8H16NO3+. The quantitative estimate of drug-likeness (QED) is 0.598. The number of aliphatic hydroxyl groups excluding tert-OH is 1. The van der Waals surface area contributed by atoms with Gasteiger partial charge in [-0.15, -0.1) is 0 Å². The first-order valence-electron chi connectivity index (χ1n) is 4.17. The molecule has 1 aliphatic rings. The van der Waals surface area contributed by atoms with Gasteiger partial charge in [0, 0.05) is 13.5 Å². The van der Waals surface area contributed by atoms with Gasteiger partial charge in [0.2, 0.25) is 6.23 Å². The van der Waals surface area contributed by atoms with Gasteiger partial charge in [-0.2, -0.15) is 0 Å². The molecule has 0 bridgehead atoms. The van der Waals surface area contributed by atoms with Gasteiger partial charge in [0.25, 0.3) is 0 Å². The number of aliphatic hydroxyl groups is 1. The van der Waals surface area contributed by atoms with Gasteiger partial charge in [-0.25, -0.2) is 9.28 Å². The van der Waals surface area contributed by atoms with Crippen LogP contribution in [0.5, 0.6) is 0 Å². The molecule has 0 aliphatic carbocycles. The van der Waals surface area contributed by atoms with Gasteiger partial charge in [0.1, 0.15) is 6.61 Å². The summed E-state index contributed by atoms with van der Waals surface area (Å²) in [6.07, 6.45) is 0.748. The van der Waals surface area contributed by atoms with Gasteiger partial charge in [-0.1, -0.05) is 0 Å². The average molecular weight is 174 g/mol. The van der Waals surface area contributed by atoms with Crippen molar-refractivity contribution in [1.82, 2.24) is 0 Å². The number of likely N-dealkylation sites (N-methyl/N-ethyl adjacent to an activating group) is 1. The van der Waals surface area contributed by atoms with Crippen molar-refractivity contribution in [3.63, 3.8) is 0 Å². The van der Waals surface area contributed by atoms with Gasteiger partial charge >= 0.3 is 5.91 Å². The van der Waals surface area contributed by atoms with Crippen molar-refractivity contribution in [2.75, 3.05) is 27.3 Å². The third kappa shape index (κ3) is 1.50. The van der Waals surface area contributed by atoms with Crippen LogP contribution in [0.15, 0.2) is 0 Å². The Bertz CT molecular complexity index is 183. The van der Waals surface area contributed by atoms with Gasteiger partial charge in [-0.05, 0) is 0 Å². The fourth-order valence-electron chi connectivity index (χ4n) is 1.57. The number of ether oxygens (including phenoxy) is 1. The van der Waals surface area contributed by atoms with Crippen LogP contribution in [-0.4, -0.2) is 49.0 Å². The van der Waals surface area contributed by atoms with Crippen LogP contribution < -0.4 is 0 Å². The summed E-state index contributed by atoms with van der Waals surface area (Å²) in [5.74, 6) is 0.111. The van der Waals surface area contributed by atoms with Crippen molar-refractivity contribution in [3.05, 3.63) is 0 Å². The predicted molar refractivity (Wildman–Crippen MR) is 43.2 cm³/mol. The maximum atomic E-state index is 11.4. The second-order valence-corrected chi connectivity index (χ2v) is 3.42. The van der Waals surface area contributed by atoms with Crippen LogP contribution in [0, 0.1) is 0 Å². The molecule has 1 N–H and O–H groups in total. The van der Waals surface area contributed by atoms with Crippen molar-refractivity contribution in [2.45, 2.75) is 19.1 Å². The summed E-state index contributed by atoms with van der Waals surface area (Å²) >= 11 is 0. The van der Waals surface area contributed by atoms with Gasteiger partial charge in [0.05, 0.1) is 20.0 Å². The molecule has 1 rings (SSSR count). The first kappa shape index (κ1) is 9.64. The smallest absolute Gasteiger partial charge is 0.315 e. The van der Waals surface area contributed by atoms with E-state index in [0.717, 1.165) is 13.0 Å². The lowest BCUT2D eigenvalue weighted by Gasteiger charge is -2.30. The molecular weight excluding hydrogens is 158 g/mol. The van der Waals surface area contributed by atoms with Crippen molar-refractivity contribution >= 4 is 5.91 Å². The molecule has 1 fully saturated rings. The number of likely N-dealkylation sites (tertiary alicyclic amines) is 1. The molecule has 0 aromatic heterocycles. The summed E-state index contributed by atoms with van der Waals surface area (Å²) in [5, 5.41) is 9.60. The molecule has 1 heterocycles. The highest BCUT2D eigenvalue weighted by Crippen LogP contribution is 2.21. The molecule has 70 valence electrons. The summed E-state index contributed by atoms with van der Waals surface area (Å²) in [6, 6.07) is 0. The zero-order valence-electron chi connectivity index (χ0n) is 7.62. The maximum absolute atomic E-state index is 11.4. The summed E-state index contributed by atoms with van der Waals surface area (Å²) in [4.78, 5) is 11.4. The second kappa shape index (κ2) is 3.51. The molecule has 0 spiro atoms. The lowest BCUT2D eigenvalue weighted by Crippen LogP contribution is -2.54. The highest BCUT2D eigenvalue weighted by atomic mass is 16.5. The largest absolute Gasteiger partial charge is 0.376 e. The lowest BCUT2D eigenvalue weighted by molar-refractivity contribution is -0.877. The highest BCUT2D eigenvalue weighted by molar-refractivity contribution is 5.70. The molecule has 1 amide bonds. The Balaban J connectivity index is 2.63. The van der Waals surface area contributed by atoms with Crippen molar-refractivity contribution < 1.29 is 19.1 Å². The number of carbonyl (C=O) groups excluding carboxylic acids is 1. The number of quaternary nitrogens is 1. The molecule has 2 unspecified atom stereocenters. The number of carbonyl (C=O) groups is 1. The fraction of sp³-hybridized carbons (Fsp3) is 0.875. The van der Waals surface area contributed by atoms with E-state index in [0.29, 0.717) is 6.42 Å². The standard InChI is InChI=1S/C8H16NO3/c1-9(8(11)6-12-2)5-3-4-7(9)10/h8,11H,3-6H2,1-2H3/q+1. The number of methoxy groups -OCH3 is 1. The van der Waals surface area contributed by atoms with Gasteiger partial charge < -0.3 is 9.84 Å². The first-order valence-corrected chi connectivity index (χ1v) is 4.17. The minimum Gasteiger partial charge on any atom is -0.376 e. The van der Waals surface area contributed by atoms with Gasteiger partial charge in [0.15, 0.2) is 0 Å². The van der Waals surface area contributed by atoms with E-state index in [1.165, 1.54) is 7.11 Å². The summed E-state index contributed by atoms with van der Waals surface area (Å²) in [7, 11) is 3.29. The fourth-order valence-corrected chi connectivity index (χ4v) is 1.57. The zero-order valence-corrected chi connectivity index (χ0v) is 7.62. The van der Waals surface area contributed by atoms with E-state index in [4.69, 9.17) is 4.74 Å². The molecule has 0 aromatic carbocycles. The molecule has 4 heteroatoms. The van der Waals surface area contributed by atoms with Crippen LogP contribution >= 0.6 is 0 Å². The minimum absolute atomic E-state index is 0.111. The summed E-state index contributed by atoms with van der Waals surface area (Å²) in [5.41, 5.74) is 0. The Morgan fingerprint density at radius 3 is 2.83 bits per heavy atom. The van der Waals surface area contributed by atoms with Crippen molar-refractivity contribution in [1.29, 1.82) is 0 Å². The van der Waals surface area contributed by atoms with Crippen molar-refractivity contribution in [3.8, 4) is 0 Å². The Labute approximate surface area is 72.3 Å². The normalized spacial score (nSPS) is 32.4. The Kier molecular flexibility index (Phi) is 2.82. The Hall–Kier alpha value is -0.450. The van der Waals surface area contributed by atoms with E-state index in [2.05, 4.69) is 0 Å². The molecule has 0 aromatic rings. The predicted octanol–water partition coefficient (Wildman–Crippen LogP) is -0.282. The van der Waals surface area contributed by atoms with Gasteiger partial charge in [-0.3, -0.25) is 0 Å². The van der Waals surface area contributed by atoms with Crippen LogP contribution in [0.1, 0.15) is 12.8 Å². The number of amides is 1. The molecule has 0 radical (unpaired) electrons. The molecule has 0 saturated carbocycles. The van der Waals surface area contributed by atoms with E-state index in [1.807, 2.05) is 0 Å². The molecule has 1 aliphatic heterocycles. The number of hydrogen-bond acceptors (Lipinski definition) is 3. The number of nitrogens with zero attached hydrogens (tertiary/aromatic N) is 1. The number of hydrogen-bond donors (Lipinski definition) is 1. The molecule has 12 heavy (non-hydrogen) atoms. The summed E-state index contributed by atoms with van der Waals surface area (Å²) in [6.45, 7) is 0.950. The van der Waals surface area contributed by atoms with Crippen LogP contribution in [0.25, 0.3) is 0 Å². The molecule has 1 saturated heterocycles. The second-order valence-electron chi connectivity index (χ2n) is 3.42. The number of rotatable bonds is 3. The third-order valence-electron chi connectivity index (χ3n) is 2.56. The van der Waals surface area contributed by atoms with E-state index >= 15 is 0 Å². The first-order chi connectivity index (χ1) is 5.61. The SMILES string of the molecule is COCC(O)[N+]1(C)CCCC1=O. The molecule has 2 atom stereocenters. The maximum Gasteiger partial charge on any atom is 0.315 e. The van der Waals surface area contributed by atoms with Crippen LogP contribution in [-0.2, 0) is 9.53 Å². The lowest BCUT2D eigenvalue weighted by atomic mass is 10.4. The Morgan fingerprint density at radius 1 is 1.75 bits per heavy atom. The van der Waals surface area contributed by atoms with Crippen molar-refractivity contribution in [2.24, 2.45) is 0 Å². The molecule has 4 nitrogen and oxygen atoms in total. The topological polar surface area (TPSA) is 46.5 Å². The van der Waals surface area contributed by atoms with Crippen LogP contribution in [0.3, 0.4) is 0 Å². The van der Waals surface area contributed by atoms with E-state index in [-0.39, 0.29) is 17.0 Å². The summed E-state index contributed by atoms with van der Waals surface area (Å²) < 4.78 is 4.93. The minimum atomic E-state index is -0.704. The average Bonchev–Trinajstić information content (AvgIpc) is 2.34. The van der Waals surface area contributed by atoms with E-state index in [9.17, 15) is 9.90 Å².